The van der Waals surface area contributed by atoms with Crippen LogP contribution >= 0.6 is 23.2 Å². The predicted molar refractivity (Wildman–Crippen MR) is 72.0 cm³/mol. The molecule has 0 aliphatic heterocycles. The summed E-state index contributed by atoms with van der Waals surface area (Å²) in [5.74, 6) is 0. The molecular formula is C10H23BOS2. The SMILES string of the molecule is CC(C)SB(OC(C)(C)C)SC(C)C. The first kappa shape index (κ1) is 14.7. The van der Waals surface area contributed by atoms with E-state index in [0.717, 1.165) is 0 Å². The summed E-state index contributed by atoms with van der Waals surface area (Å²) in [6, 6.07) is 0. The first-order valence-electron chi connectivity index (χ1n) is 5.19. The van der Waals surface area contributed by atoms with Crippen LogP contribution in [0.2, 0.25) is 0 Å². The smallest absolute Gasteiger partial charge is 0.412 e. The normalized spacial score (nSPS) is 12.6. The van der Waals surface area contributed by atoms with Gasteiger partial charge in [0.1, 0.15) is 0 Å². The molecule has 0 aromatic carbocycles. The zero-order chi connectivity index (χ0) is 11.4. The zero-order valence-electron chi connectivity index (χ0n) is 10.5. The van der Waals surface area contributed by atoms with E-state index in [1.807, 2.05) is 23.2 Å². The van der Waals surface area contributed by atoms with Crippen molar-refractivity contribution in [3.8, 4) is 0 Å². The van der Waals surface area contributed by atoms with Gasteiger partial charge in [-0.15, -0.1) is 0 Å². The van der Waals surface area contributed by atoms with Gasteiger partial charge in [-0.25, -0.2) is 0 Å². The Hall–Kier alpha value is 0.725. The van der Waals surface area contributed by atoms with Crippen LogP contribution in [0.15, 0.2) is 0 Å². The third kappa shape index (κ3) is 9.29. The summed E-state index contributed by atoms with van der Waals surface area (Å²) in [6.45, 7) is 15.2. The van der Waals surface area contributed by atoms with Gasteiger partial charge in [-0.3, -0.25) is 0 Å². The highest BCUT2D eigenvalue weighted by Gasteiger charge is 2.26. The summed E-state index contributed by atoms with van der Waals surface area (Å²) in [4.78, 5) is 0. The molecular weight excluding hydrogens is 211 g/mol. The fourth-order valence-electron chi connectivity index (χ4n) is 0.821. The van der Waals surface area contributed by atoms with Gasteiger partial charge in [0.15, 0.2) is 0 Å². The number of hydrogen-bond donors (Lipinski definition) is 0. The van der Waals surface area contributed by atoms with Crippen molar-refractivity contribution in [3.05, 3.63) is 0 Å². The highest BCUT2D eigenvalue weighted by molar-refractivity contribution is 8.53. The molecule has 0 aromatic heterocycles. The van der Waals surface area contributed by atoms with E-state index in [4.69, 9.17) is 4.65 Å². The molecule has 0 atom stereocenters. The highest BCUT2D eigenvalue weighted by atomic mass is 32.2. The molecule has 0 aliphatic carbocycles. The van der Waals surface area contributed by atoms with Crippen LogP contribution in [0.3, 0.4) is 0 Å². The summed E-state index contributed by atoms with van der Waals surface area (Å²) in [5, 5.41) is 1.24. The lowest BCUT2D eigenvalue weighted by molar-refractivity contribution is 0.142. The highest BCUT2D eigenvalue weighted by Crippen LogP contribution is 2.30. The molecule has 0 aromatic rings. The van der Waals surface area contributed by atoms with Crippen LogP contribution in [-0.4, -0.2) is 21.6 Å². The van der Waals surface area contributed by atoms with Gasteiger partial charge in [-0.2, -0.15) is 23.2 Å². The van der Waals surface area contributed by atoms with Crippen LogP contribution in [-0.2, 0) is 4.65 Å². The maximum absolute atomic E-state index is 5.99. The van der Waals surface area contributed by atoms with Crippen molar-refractivity contribution < 1.29 is 4.65 Å². The fraction of sp³-hybridized carbons (Fsp3) is 1.00. The minimum absolute atomic E-state index is 0.0472. The molecule has 4 heteroatoms. The van der Waals surface area contributed by atoms with Crippen LogP contribution in [0.25, 0.3) is 0 Å². The average Bonchev–Trinajstić information content (AvgIpc) is 1.77. The summed E-state index contributed by atoms with van der Waals surface area (Å²) < 4.78 is 5.99. The number of rotatable bonds is 5. The maximum atomic E-state index is 5.99. The van der Waals surface area contributed by atoms with E-state index >= 15 is 0 Å². The molecule has 0 bridgehead atoms. The maximum Gasteiger partial charge on any atom is 0.433 e. The zero-order valence-corrected chi connectivity index (χ0v) is 12.1. The number of hydrogen-bond acceptors (Lipinski definition) is 3. The Kier molecular flexibility index (Phi) is 6.67. The van der Waals surface area contributed by atoms with Crippen molar-refractivity contribution in [2.24, 2.45) is 0 Å². The van der Waals surface area contributed by atoms with Crippen LogP contribution < -0.4 is 0 Å². The monoisotopic (exact) mass is 234 g/mol. The molecule has 0 rings (SSSR count). The second-order valence-electron chi connectivity index (χ2n) is 4.89. The molecule has 84 valence electrons. The van der Waals surface area contributed by atoms with Gasteiger partial charge in [0.25, 0.3) is 0 Å². The Morgan fingerprint density at radius 2 is 1.29 bits per heavy atom. The van der Waals surface area contributed by atoms with E-state index in [0.29, 0.717) is 10.5 Å². The topological polar surface area (TPSA) is 9.23 Å². The van der Waals surface area contributed by atoms with Gasteiger partial charge in [-0.1, -0.05) is 27.7 Å². The van der Waals surface area contributed by atoms with Crippen molar-refractivity contribution >= 4 is 28.7 Å². The fourth-order valence-corrected chi connectivity index (χ4v) is 3.99. The van der Waals surface area contributed by atoms with Gasteiger partial charge in [-0.05, 0) is 31.3 Å². The van der Waals surface area contributed by atoms with E-state index in [2.05, 4.69) is 48.5 Å². The van der Waals surface area contributed by atoms with Gasteiger partial charge in [0, 0.05) is 5.60 Å². The molecule has 0 unspecified atom stereocenters. The third-order valence-corrected chi connectivity index (χ3v) is 3.61. The largest absolute Gasteiger partial charge is 0.433 e. The van der Waals surface area contributed by atoms with Crippen molar-refractivity contribution in [1.82, 2.24) is 0 Å². The molecule has 0 N–H and O–H groups in total. The Morgan fingerprint density at radius 3 is 1.50 bits per heavy atom. The Morgan fingerprint density at radius 1 is 0.929 bits per heavy atom. The summed E-state index contributed by atoms with van der Waals surface area (Å²) >= 11 is 3.79. The summed E-state index contributed by atoms with van der Waals surface area (Å²) in [7, 11) is 0. The quantitative estimate of drug-likeness (QED) is 0.663. The minimum Gasteiger partial charge on any atom is -0.412 e. The van der Waals surface area contributed by atoms with E-state index in [1.165, 1.54) is 0 Å². The van der Waals surface area contributed by atoms with E-state index in [1.54, 1.807) is 0 Å². The minimum atomic E-state index is -0.0472. The molecule has 0 amide bonds. The van der Waals surface area contributed by atoms with Gasteiger partial charge < -0.3 is 4.65 Å². The summed E-state index contributed by atoms with van der Waals surface area (Å²) in [5.41, 5.74) is 0.212. The standard InChI is InChI=1S/C10H23BOS2/c1-8(2)13-11(14-9(3)4)12-10(5,6)7/h8-9H,1-7H3. The van der Waals surface area contributed by atoms with Crippen molar-refractivity contribution in [2.75, 3.05) is 0 Å². The lowest BCUT2D eigenvalue weighted by Gasteiger charge is -2.26. The Bertz CT molecular complexity index is 145. The molecule has 0 spiro atoms. The molecule has 1 nitrogen and oxygen atoms in total. The van der Waals surface area contributed by atoms with Crippen molar-refractivity contribution in [3.63, 3.8) is 0 Å². The van der Waals surface area contributed by atoms with Crippen LogP contribution in [0.5, 0.6) is 0 Å². The molecule has 0 radical (unpaired) electrons. The van der Waals surface area contributed by atoms with E-state index in [9.17, 15) is 0 Å². The van der Waals surface area contributed by atoms with Crippen molar-refractivity contribution in [1.29, 1.82) is 0 Å². The van der Waals surface area contributed by atoms with E-state index in [-0.39, 0.29) is 11.1 Å². The Labute approximate surface area is 98.0 Å². The van der Waals surface area contributed by atoms with Crippen LogP contribution in [0.4, 0.5) is 0 Å². The first-order valence-corrected chi connectivity index (χ1v) is 7.08. The lowest BCUT2D eigenvalue weighted by Crippen LogP contribution is -2.28. The molecule has 0 heterocycles. The van der Waals surface area contributed by atoms with Gasteiger partial charge >= 0.3 is 5.47 Å². The summed E-state index contributed by atoms with van der Waals surface area (Å²) in [6.07, 6.45) is 0. The molecule has 0 aliphatic rings. The average molecular weight is 234 g/mol. The second-order valence-corrected chi connectivity index (χ2v) is 8.47. The first-order chi connectivity index (χ1) is 6.20. The van der Waals surface area contributed by atoms with E-state index < -0.39 is 0 Å². The third-order valence-electron chi connectivity index (χ3n) is 1.22. The van der Waals surface area contributed by atoms with Crippen LogP contribution in [0, 0.1) is 0 Å². The molecule has 0 saturated heterocycles. The van der Waals surface area contributed by atoms with Gasteiger partial charge in [0.05, 0.1) is 0 Å². The Balaban J connectivity index is 4.11. The second kappa shape index (κ2) is 6.34. The van der Waals surface area contributed by atoms with Crippen LogP contribution in [0.1, 0.15) is 48.5 Å². The lowest BCUT2D eigenvalue weighted by atomic mass is 10.2. The molecule has 0 saturated carbocycles. The molecule has 0 fully saturated rings. The predicted octanol–water partition coefficient (Wildman–Crippen LogP) is 4.07. The molecule has 14 heavy (non-hydrogen) atoms. The van der Waals surface area contributed by atoms with Gasteiger partial charge in [0.2, 0.25) is 0 Å². The van der Waals surface area contributed by atoms with Crippen molar-refractivity contribution in [2.45, 2.75) is 64.6 Å².